The number of hydrogen-bond donors (Lipinski definition) is 1. The van der Waals surface area contributed by atoms with E-state index in [0.717, 1.165) is 22.9 Å². The van der Waals surface area contributed by atoms with Gasteiger partial charge in [-0.3, -0.25) is 0 Å². The summed E-state index contributed by atoms with van der Waals surface area (Å²) in [5, 5.41) is 4.02. The molecule has 0 aliphatic carbocycles. The molecule has 1 fully saturated rings. The first-order chi connectivity index (χ1) is 9.74. The van der Waals surface area contributed by atoms with Gasteiger partial charge in [0.15, 0.2) is 5.82 Å². The van der Waals surface area contributed by atoms with Crippen LogP contribution in [0.3, 0.4) is 0 Å². The van der Waals surface area contributed by atoms with Crippen molar-refractivity contribution in [2.75, 3.05) is 6.54 Å². The molecule has 1 aromatic carbocycles. The minimum atomic E-state index is -0.102. The zero-order chi connectivity index (χ0) is 13.9. The fourth-order valence-corrected chi connectivity index (χ4v) is 2.58. The van der Waals surface area contributed by atoms with Crippen LogP contribution in [-0.4, -0.2) is 22.8 Å². The Labute approximate surface area is 125 Å². The lowest BCUT2D eigenvalue weighted by atomic mass is 10.1. The molecule has 1 aromatic heterocycles. The number of halogens is 1. The SMILES string of the molecule is NCC1CCC(c2nc(Cc3ccc(Br)cc3)no2)O1. The first-order valence-electron chi connectivity index (χ1n) is 6.67. The molecule has 20 heavy (non-hydrogen) atoms. The van der Waals surface area contributed by atoms with Gasteiger partial charge < -0.3 is 15.0 Å². The highest BCUT2D eigenvalue weighted by atomic mass is 79.9. The molecule has 3 rings (SSSR count). The van der Waals surface area contributed by atoms with Gasteiger partial charge in [-0.15, -0.1) is 0 Å². The molecule has 2 unspecified atom stereocenters. The Kier molecular flexibility index (Phi) is 4.14. The van der Waals surface area contributed by atoms with E-state index in [-0.39, 0.29) is 12.2 Å². The molecule has 0 radical (unpaired) electrons. The van der Waals surface area contributed by atoms with Crippen LogP contribution in [0.4, 0.5) is 0 Å². The fraction of sp³-hybridized carbons (Fsp3) is 0.429. The van der Waals surface area contributed by atoms with Crippen molar-refractivity contribution in [3.63, 3.8) is 0 Å². The molecule has 5 nitrogen and oxygen atoms in total. The highest BCUT2D eigenvalue weighted by Crippen LogP contribution is 2.31. The lowest BCUT2D eigenvalue weighted by Gasteiger charge is -2.07. The first kappa shape index (κ1) is 13.7. The Bertz CT molecular complexity index is 570. The second-order valence-electron chi connectivity index (χ2n) is 4.91. The Morgan fingerprint density at radius 2 is 2.05 bits per heavy atom. The van der Waals surface area contributed by atoms with Crippen LogP contribution in [0.5, 0.6) is 0 Å². The number of rotatable bonds is 4. The molecular weight excluding hydrogens is 322 g/mol. The Balaban J connectivity index is 1.66. The maximum Gasteiger partial charge on any atom is 0.255 e. The van der Waals surface area contributed by atoms with Gasteiger partial charge in [0.25, 0.3) is 5.89 Å². The third-order valence-corrected chi connectivity index (χ3v) is 3.93. The molecule has 6 heteroatoms. The van der Waals surface area contributed by atoms with Crippen LogP contribution >= 0.6 is 15.9 Å². The van der Waals surface area contributed by atoms with E-state index in [9.17, 15) is 0 Å². The normalized spacial score (nSPS) is 22.3. The van der Waals surface area contributed by atoms with Gasteiger partial charge in [0, 0.05) is 17.4 Å². The van der Waals surface area contributed by atoms with E-state index in [1.54, 1.807) is 0 Å². The Hall–Kier alpha value is -1.24. The van der Waals surface area contributed by atoms with Crippen molar-refractivity contribution >= 4 is 15.9 Å². The van der Waals surface area contributed by atoms with Crippen molar-refractivity contribution in [1.29, 1.82) is 0 Å². The molecule has 1 aliphatic rings. The van der Waals surface area contributed by atoms with E-state index in [4.69, 9.17) is 15.0 Å². The number of hydrogen-bond acceptors (Lipinski definition) is 5. The molecule has 0 saturated carbocycles. The molecule has 2 atom stereocenters. The van der Waals surface area contributed by atoms with Gasteiger partial charge in [-0.1, -0.05) is 33.2 Å². The number of ether oxygens (including phenoxy) is 1. The summed E-state index contributed by atoms with van der Waals surface area (Å²) >= 11 is 3.42. The number of nitrogens with two attached hydrogens (primary N) is 1. The summed E-state index contributed by atoms with van der Waals surface area (Å²) in [5.74, 6) is 1.25. The van der Waals surface area contributed by atoms with Crippen molar-refractivity contribution < 1.29 is 9.26 Å². The van der Waals surface area contributed by atoms with E-state index in [1.165, 1.54) is 0 Å². The van der Waals surface area contributed by atoms with E-state index >= 15 is 0 Å². The van der Waals surface area contributed by atoms with E-state index in [0.29, 0.717) is 24.7 Å². The zero-order valence-electron chi connectivity index (χ0n) is 11.0. The maximum atomic E-state index is 5.75. The van der Waals surface area contributed by atoms with Gasteiger partial charge in [0.2, 0.25) is 0 Å². The Morgan fingerprint density at radius 3 is 2.75 bits per heavy atom. The third-order valence-electron chi connectivity index (χ3n) is 3.41. The molecule has 2 heterocycles. The molecule has 2 aromatic rings. The summed E-state index contributed by atoms with van der Waals surface area (Å²) in [6.45, 7) is 0.538. The second kappa shape index (κ2) is 6.03. The van der Waals surface area contributed by atoms with Crippen LogP contribution in [0.25, 0.3) is 0 Å². The first-order valence-corrected chi connectivity index (χ1v) is 7.46. The van der Waals surface area contributed by atoms with Gasteiger partial charge in [-0.2, -0.15) is 4.98 Å². The van der Waals surface area contributed by atoms with Crippen LogP contribution in [0, 0.1) is 0 Å². The van der Waals surface area contributed by atoms with Crippen molar-refractivity contribution in [2.45, 2.75) is 31.5 Å². The average molecular weight is 338 g/mol. The van der Waals surface area contributed by atoms with E-state index in [2.05, 4.69) is 26.1 Å². The molecule has 106 valence electrons. The molecule has 1 aliphatic heterocycles. The van der Waals surface area contributed by atoms with Crippen LogP contribution in [0.15, 0.2) is 33.3 Å². The molecule has 1 saturated heterocycles. The number of aromatic nitrogens is 2. The van der Waals surface area contributed by atoms with Gasteiger partial charge in [-0.05, 0) is 30.5 Å². The predicted octanol–water partition coefficient (Wildman–Crippen LogP) is 2.60. The highest BCUT2D eigenvalue weighted by Gasteiger charge is 2.29. The van der Waals surface area contributed by atoms with Crippen LogP contribution < -0.4 is 5.73 Å². The lowest BCUT2D eigenvalue weighted by Crippen LogP contribution is -2.18. The third kappa shape index (κ3) is 3.08. The molecule has 0 amide bonds. The lowest BCUT2D eigenvalue weighted by molar-refractivity contribution is 0.0307. The van der Waals surface area contributed by atoms with Crippen LogP contribution in [0.2, 0.25) is 0 Å². The second-order valence-corrected chi connectivity index (χ2v) is 5.83. The summed E-state index contributed by atoms with van der Waals surface area (Å²) in [7, 11) is 0. The van der Waals surface area contributed by atoms with Crippen molar-refractivity contribution in [3.05, 3.63) is 46.0 Å². The minimum absolute atomic E-state index is 0.102. The molecule has 2 N–H and O–H groups in total. The average Bonchev–Trinajstić information content (AvgIpc) is 3.10. The topological polar surface area (TPSA) is 74.2 Å². The van der Waals surface area contributed by atoms with Crippen molar-refractivity contribution in [2.24, 2.45) is 5.73 Å². The van der Waals surface area contributed by atoms with Crippen molar-refractivity contribution in [3.8, 4) is 0 Å². The summed E-state index contributed by atoms with van der Waals surface area (Å²) < 4.78 is 12.1. The predicted molar refractivity (Wildman–Crippen MR) is 77.1 cm³/mol. The molecule has 0 bridgehead atoms. The summed E-state index contributed by atoms with van der Waals surface area (Å²) in [4.78, 5) is 4.42. The van der Waals surface area contributed by atoms with Gasteiger partial charge in [-0.25, -0.2) is 0 Å². The van der Waals surface area contributed by atoms with Crippen molar-refractivity contribution in [1.82, 2.24) is 10.1 Å². The van der Waals surface area contributed by atoms with E-state index in [1.807, 2.05) is 24.3 Å². The van der Waals surface area contributed by atoms with Crippen LogP contribution in [-0.2, 0) is 11.2 Å². The maximum absolute atomic E-state index is 5.75. The van der Waals surface area contributed by atoms with Gasteiger partial charge in [0.1, 0.15) is 6.10 Å². The summed E-state index contributed by atoms with van der Waals surface area (Å²) in [6, 6.07) is 8.08. The fourth-order valence-electron chi connectivity index (χ4n) is 2.32. The number of nitrogens with zero attached hydrogens (tertiary/aromatic N) is 2. The molecule has 0 spiro atoms. The van der Waals surface area contributed by atoms with Crippen LogP contribution in [0.1, 0.15) is 36.2 Å². The summed E-state index contributed by atoms with van der Waals surface area (Å²) in [5.41, 5.74) is 6.74. The van der Waals surface area contributed by atoms with Gasteiger partial charge >= 0.3 is 0 Å². The summed E-state index contributed by atoms with van der Waals surface area (Å²) in [6.07, 6.45) is 2.51. The number of benzene rings is 1. The zero-order valence-corrected chi connectivity index (χ0v) is 12.5. The standard InChI is InChI=1S/C14H16BrN3O2/c15-10-3-1-9(2-4-10)7-13-17-14(20-18-13)12-6-5-11(8-16)19-12/h1-4,11-12H,5-8,16H2. The molecular formula is C14H16BrN3O2. The van der Waals surface area contributed by atoms with Gasteiger partial charge in [0.05, 0.1) is 6.10 Å². The minimum Gasteiger partial charge on any atom is -0.364 e. The smallest absolute Gasteiger partial charge is 0.255 e. The Morgan fingerprint density at radius 1 is 1.25 bits per heavy atom. The largest absolute Gasteiger partial charge is 0.364 e. The highest BCUT2D eigenvalue weighted by molar-refractivity contribution is 9.10. The monoisotopic (exact) mass is 337 g/mol. The quantitative estimate of drug-likeness (QED) is 0.928. The van der Waals surface area contributed by atoms with E-state index < -0.39 is 0 Å².